The van der Waals surface area contributed by atoms with Crippen molar-refractivity contribution in [1.29, 1.82) is 0 Å². The highest BCUT2D eigenvalue weighted by Gasteiger charge is 2.23. The maximum absolute atomic E-state index is 2.44. The van der Waals surface area contributed by atoms with Crippen molar-refractivity contribution in [2.75, 3.05) is 0 Å². The number of aryl methyl sites for hydroxylation is 3. The molecule has 0 aliphatic heterocycles. The van der Waals surface area contributed by atoms with E-state index in [-0.39, 0.29) is 0 Å². The molecule has 0 heteroatoms. The smallest absolute Gasteiger partial charge is 0.0159 e. The molecule has 0 saturated heterocycles. The molecule has 0 amide bonds. The van der Waals surface area contributed by atoms with Crippen LogP contribution in [0.3, 0.4) is 0 Å². The zero-order valence-electron chi connectivity index (χ0n) is 20.1. The SMILES string of the molecule is CCCCCc1ccc(-c2ccc([C@H]3CC[C@H](CCCCC)CC3)c(C)c2)cc1C. The van der Waals surface area contributed by atoms with Gasteiger partial charge in [-0.1, -0.05) is 88.8 Å². The van der Waals surface area contributed by atoms with E-state index in [1.807, 2.05) is 0 Å². The number of benzene rings is 2. The van der Waals surface area contributed by atoms with Gasteiger partial charge in [-0.05, 0) is 97.6 Å². The van der Waals surface area contributed by atoms with E-state index in [0.717, 1.165) is 11.8 Å². The van der Waals surface area contributed by atoms with Gasteiger partial charge in [-0.2, -0.15) is 0 Å². The summed E-state index contributed by atoms with van der Waals surface area (Å²) in [4.78, 5) is 0. The van der Waals surface area contributed by atoms with Gasteiger partial charge in [0.1, 0.15) is 0 Å². The lowest BCUT2D eigenvalue weighted by molar-refractivity contribution is 0.302. The predicted octanol–water partition coefficient (Wildman–Crippen LogP) is 9.56. The lowest BCUT2D eigenvalue weighted by Gasteiger charge is -2.30. The molecule has 1 aliphatic carbocycles. The zero-order chi connectivity index (χ0) is 21.3. The first-order chi connectivity index (χ1) is 14.6. The maximum Gasteiger partial charge on any atom is -0.0159 e. The third-order valence-corrected chi connectivity index (χ3v) is 7.50. The molecule has 1 aliphatic rings. The van der Waals surface area contributed by atoms with Gasteiger partial charge in [0.05, 0.1) is 0 Å². The van der Waals surface area contributed by atoms with Crippen LogP contribution in [0.4, 0.5) is 0 Å². The van der Waals surface area contributed by atoms with E-state index in [1.54, 1.807) is 5.56 Å². The van der Waals surface area contributed by atoms with Gasteiger partial charge in [-0.3, -0.25) is 0 Å². The molecule has 0 nitrogen and oxygen atoms in total. The number of unbranched alkanes of at least 4 members (excludes halogenated alkanes) is 4. The van der Waals surface area contributed by atoms with Gasteiger partial charge < -0.3 is 0 Å². The van der Waals surface area contributed by atoms with Gasteiger partial charge in [0.2, 0.25) is 0 Å². The van der Waals surface area contributed by atoms with Crippen molar-refractivity contribution >= 4 is 0 Å². The van der Waals surface area contributed by atoms with E-state index in [0.29, 0.717) is 0 Å². The predicted molar refractivity (Wildman–Crippen MR) is 133 cm³/mol. The van der Waals surface area contributed by atoms with E-state index in [9.17, 15) is 0 Å². The van der Waals surface area contributed by atoms with Crippen LogP contribution in [0.5, 0.6) is 0 Å². The molecule has 0 radical (unpaired) electrons. The fraction of sp³-hybridized carbons (Fsp3) is 0.600. The second kappa shape index (κ2) is 11.7. The first-order valence-electron chi connectivity index (χ1n) is 12.8. The second-order valence-electron chi connectivity index (χ2n) is 9.88. The summed E-state index contributed by atoms with van der Waals surface area (Å²) in [6.45, 7) is 9.21. The monoisotopic (exact) mass is 404 g/mol. The Kier molecular flexibility index (Phi) is 9.04. The summed E-state index contributed by atoms with van der Waals surface area (Å²) in [5, 5.41) is 0. The lowest BCUT2D eigenvalue weighted by Crippen LogP contribution is -2.14. The van der Waals surface area contributed by atoms with Crippen LogP contribution in [0.15, 0.2) is 36.4 Å². The minimum Gasteiger partial charge on any atom is -0.0654 e. The topological polar surface area (TPSA) is 0 Å². The Morgan fingerprint density at radius 2 is 1.33 bits per heavy atom. The summed E-state index contributed by atoms with van der Waals surface area (Å²) in [5.74, 6) is 1.77. The Balaban J connectivity index is 1.62. The van der Waals surface area contributed by atoms with Crippen LogP contribution in [0.2, 0.25) is 0 Å². The first-order valence-corrected chi connectivity index (χ1v) is 12.8. The molecule has 2 aromatic rings. The van der Waals surface area contributed by atoms with E-state index in [1.165, 1.54) is 105 Å². The van der Waals surface area contributed by atoms with E-state index >= 15 is 0 Å². The van der Waals surface area contributed by atoms with E-state index in [4.69, 9.17) is 0 Å². The van der Waals surface area contributed by atoms with Gasteiger partial charge >= 0.3 is 0 Å². The molecule has 1 fully saturated rings. The number of rotatable bonds is 10. The van der Waals surface area contributed by atoms with Crippen LogP contribution in [0.1, 0.15) is 113 Å². The Bertz CT molecular complexity index is 777. The van der Waals surface area contributed by atoms with Crippen LogP contribution in [0.25, 0.3) is 11.1 Å². The molecule has 2 aromatic carbocycles. The van der Waals surface area contributed by atoms with Crippen molar-refractivity contribution in [3.63, 3.8) is 0 Å². The van der Waals surface area contributed by atoms with Crippen molar-refractivity contribution in [3.05, 3.63) is 58.7 Å². The standard InChI is InChI=1S/C30H44/c1-5-7-9-11-25-13-15-27(16-14-25)30-20-19-29(22-24(30)4)28-18-17-26(23(3)21-28)12-10-8-6-2/h17-22,25,27H,5-16H2,1-4H3/t25-,27-. The Labute approximate surface area is 186 Å². The van der Waals surface area contributed by atoms with E-state index in [2.05, 4.69) is 64.1 Å². The molecule has 3 rings (SSSR count). The van der Waals surface area contributed by atoms with Gasteiger partial charge in [0.15, 0.2) is 0 Å². The molecular weight excluding hydrogens is 360 g/mol. The summed E-state index contributed by atoms with van der Waals surface area (Å²) < 4.78 is 0. The third-order valence-electron chi connectivity index (χ3n) is 7.50. The van der Waals surface area contributed by atoms with Gasteiger partial charge in [0, 0.05) is 0 Å². The van der Waals surface area contributed by atoms with Gasteiger partial charge in [-0.25, -0.2) is 0 Å². The highest BCUT2D eigenvalue weighted by Crippen LogP contribution is 2.39. The summed E-state index contributed by atoms with van der Waals surface area (Å²) in [5.41, 5.74) is 8.84. The fourth-order valence-electron chi connectivity index (χ4n) is 5.48. The molecule has 0 bridgehead atoms. The number of hydrogen-bond donors (Lipinski definition) is 0. The average Bonchev–Trinajstić information content (AvgIpc) is 2.76. The molecule has 164 valence electrons. The number of hydrogen-bond acceptors (Lipinski definition) is 0. The molecule has 30 heavy (non-hydrogen) atoms. The van der Waals surface area contributed by atoms with Crippen LogP contribution in [0, 0.1) is 19.8 Å². The van der Waals surface area contributed by atoms with Crippen molar-refractivity contribution in [3.8, 4) is 11.1 Å². The highest BCUT2D eigenvalue weighted by molar-refractivity contribution is 5.66. The zero-order valence-corrected chi connectivity index (χ0v) is 20.1. The highest BCUT2D eigenvalue weighted by atomic mass is 14.3. The van der Waals surface area contributed by atoms with Crippen molar-refractivity contribution in [1.82, 2.24) is 0 Å². The second-order valence-corrected chi connectivity index (χ2v) is 9.88. The molecule has 0 N–H and O–H groups in total. The van der Waals surface area contributed by atoms with E-state index < -0.39 is 0 Å². The van der Waals surface area contributed by atoms with Crippen LogP contribution >= 0.6 is 0 Å². The van der Waals surface area contributed by atoms with Gasteiger partial charge in [-0.15, -0.1) is 0 Å². The quantitative estimate of drug-likeness (QED) is 0.346. The summed E-state index contributed by atoms with van der Waals surface area (Å²) >= 11 is 0. The van der Waals surface area contributed by atoms with Gasteiger partial charge in [0.25, 0.3) is 0 Å². The fourth-order valence-corrected chi connectivity index (χ4v) is 5.48. The molecule has 1 saturated carbocycles. The van der Waals surface area contributed by atoms with Crippen molar-refractivity contribution in [2.24, 2.45) is 5.92 Å². The molecule has 0 aromatic heterocycles. The molecule has 0 heterocycles. The average molecular weight is 405 g/mol. The molecular formula is C30H44. The Morgan fingerprint density at radius 3 is 1.97 bits per heavy atom. The largest absolute Gasteiger partial charge is 0.0654 e. The summed E-state index contributed by atoms with van der Waals surface area (Å²) in [7, 11) is 0. The minimum atomic E-state index is 0.782. The summed E-state index contributed by atoms with van der Waals surface area (Å²) in [6, 6.07) is 14.4. The van der Waals surface area contributed by atoms with Crippen molar-refractivity contribution < 1.29 is 0 Å². The molecule has 0 atom stereocenters. The van der Waals surface area contributed by atoms with Crippen LogP contribution in [-0.4, -0.2) is 0 Å². The Hall–Kier alpha value is -1.56. The van der Waals surface area contributed by atoms with Crippen molar-refractivity contribution in [2.45, 2.75) is 111 Å². The molecule has 0 unspecified atom stereocenters. The molecule has 0 spiro atoms. The minimum absolute atomic E-state index is 0.782. The van der Waals surface area contributed by atoms with Crippen LogP contribution in [-0.2, 0) is 6.42 Å². The Morgan fingerprint density at radius 1 is 0.700 bits per heavy atom. The van der Waals surface area contributed by atoms with Crippen LogP contribution < -0.4 is 0 Å². The first kappa shape index (κ1) is 23.1. The maximum atomic E-state index is 2.44. The lowest BCUT2D eigenvalue weighted by atomic mass is 9.76. The third kappa shape index (κ3) is 6.22. The summed E-state index contributed by atoms with van der Waals surface area (Å²) in [6.07, 6.45) is 16.5. The normalized spacial score (nSPS) is 19.2.